The Morgan fingerprint density at radius 3 is 2.37 bits per heavy atom. The number of carbonyl (C=O) groups is 1. The first kappa shape index (κ1) is 13.1. The molecular weight excluding hydrogens is 236 g/mol. The molecule has 19 heavy (non-hydrogen) atoms. The van der Waals surface area contributed by atoms with Crippen LogP contribution in [0.15, 0.2) is 54.6 Å². The zero-order valence-corrected chi connectivity index (χ0v) is 11.0. The van der Waals surface area contributed by atoms with Crippen molar-refractivity contribution in [1.82, 2.24) is 5.32 Å². The Balaban J connectivity index is 1.94. The number of rotatable bonds is 4. The maximum absolute atomic E-state index is 12.1. The summed E-state index contributed by atoms with van der Waals surface area (Å²) in [6.07, 6.45) is 0. The van der Waals surface area contributed by atoms with Crippen LogP contribution in [-0.4, -0.2) is 5.91 Å². The lowest BCUT2D eigenvalue weighted by molar-refractivity contribution is -0.122. The molecule has 0 aliphatic rings. The van der Waals surface area contributed by atoms with Crippen LogP contribution in [0.25, 0.3) is 0 Å². The average molecular weight is 254 g/mol. The quantitative estimate of drug-likeness (QED) is 0.824. The molecule has 1 unspecified atom stereocenters. The van der Waals surface area contributed by atoms with Crippen molar-refractivity contribution in [3.63, 3.8) is 0 Å². The third kappa shape index (κ3) is 3.58. The minimum atomic E-state index is -0.177. The fourth-order valence-corrected chi connectivity index (χ4v) is 1.87. The molecule has 0 aliphatic heterocycles. The highest BCUT2D eigenvalue weighted by atomic mass is 16.1. The Morgan fingerprint density at radius 1 is 1.11 bits per heavy atom. The predicted molar refractivity (Wildman–Crippen MR) is 77.6 cm³/mol. The lowest BCUT2D eigenvalue weighted by Gasteiger charge is -2.12. The predicted octanol–water partition coefficient (Wildman–Crippen LogP) is 2.69. The number of hydrogen-bond donors (Lipinski definition) is 2. The number of nitrogens with one attached hydrogen (secondary N) is 1. The third-order valence-electron chi connectivity index (χ3n) is 3.14. The van der Waals surface area contributed by atoms with Gasteiger partial charge in [-0.1, -0.05) is 42.5 Å². The standard InChI is InChI=1S/C16H18N2O/c1-12(14-7-9-15(17)10-8-14)16(19)18-11-13-5-3-2-4-6-13/h2-10,12H,11,17H2,1H3,(H,18,19). The Hall–Kier alpha value is -2.29. The van der Waals surface area contributed by atoms with Crippen LogP contribution >= 0.6 is 0 Å². The largest absolute Gasteiger partial charge is 0.399 e. The smallest absolute Gasteiger partial charge is 0.227 e. The van der Waals surface area contributed by atoms with Crippen molar-refractivity contribution in [3.05, 3.63) is 65.7 Å². The zero-order valence-electron chi connectivity index (χ0n) is 11.0. The van der Waals surface area contributed by atoms with E-state index in [1.807, 2.05) is 61.5 Å². The maximum Gasteiger partial charge on any atom is 0.227 e. The second kappa shape index (κ2) is 6.05. The zero-order chi connectivity index (χ0) is 13.7. The van der Waals surface area contributed by atoms with Gasteiger partial charge in [-0.2, -0.15) is 0 Å². The summed E-state index contributed by atoms with van der Waals surface area (Å²) in [5.41, 5.74) is 8.42. The first-order valence-electron chi connectivity index (χ1n) is 6.34. The lowest BCUT2D eigenvalue weighted by atomic mass is 10.00. The highest BCUT2D eigenvalue weighted by Gasteiger charge is 2.14. The van der Waals surface area contributed by atoms with Gasteiger partial charge in [0, 0.05) is 12.2 Å². The first-order valence-corrected chi connectivity index (χ1v) is 6.34. The maximum atomic E-state index is 12.1. The van der Waals surface area contributed by atoms with E-state index in [9.17, 15) is 4.79 Å². The van der Waals surface area contributed by atoms with Gasteiger partial charge >= 0.3 is 0 Å². The van der Waals surface area contributed by atoms with Gasteiger partial charge in [0.15, 0.2) is 0 Å². The molecule has 0 aliphatic carbocycles. The van der Waals surface area contributed by atoms with E-state index in [2.05, 4.69) is 5.32 Å². The summed E-state index contributed by atoms with van der Waals surface area (Å²) in [6.45, 7) is 2.45. The topological polar surface area (TPSA) is 55.1 Å². The Bertz CT molecular complexity index is 534. The van der Waals surface area contributed by atoms with Crippen LogP contribution in [-0.2, 0) is 11.3 Å². The fourth-order valence-electron chi connectivity index (χ4n) is 1.87. The Kier molecular flexibility index (Phi) is 4.18. The fraction of sp³-hybridized carbons (Fsp3) is 0.188. The molecule has 0 spiro atoms. The molecule has 0 bridgehead atoms. The van der Waals surface area contributed by atoms with Gasteiger partial charge in [-0.3, -0.25) is 4.79 Å². The minimum absolute atomic E-state index is 0.0219. The molecule has 0 fully saturated rings. The number of hydrogen-bond acceptors (Lipinski definition) is 2. The molecule has 0 saturated carbocycles. The van der Waals surface area contributed by atoms with Gasteiger partial charge < -0.3 is 11.1 Å². The molecule has 0 saturated heterocycles. The molecule has 3 heteroatoms. The van der Waals surface area contributed by atoms with Crippen LogP contribution in [0.5, 0.6) is 0 Å². The number of nitrogens with two attached hydrogens (primary N) is 1. The van der Waals surface area contributed by atoms with Gasteiger partial charge in [0.1, 0.15) is 0 Å². The van der Waals surface area contributed by atoms with E-state index < -0.39 is 0 Å². The third-order valence-corrected chi connectivity index (χ3v) is 3.14. The summed E-state index contributed by atoms with van der Waals surface area (Å²) < 4.78 is 0. The Labute approximate surface area is 113 Å². The van der Waals surface area contributed by atoms with Crippen LogP contribution in [0, 0.1) is 0 Å². The number of carbonyl (C=O) groups excluding carboxylic acids is 1. The molecule has 3 nitrogen and oxygen atoms in total. The second-order valence-corrected chi connectivity index (χ2v) is 4.59. The molecule has 1 atom stereocenters. The van der Waals surface area contributed by atoms with Gasteiger partial charge in [-0.15, -0.1) is 0 Å². The van der Waals surface area contributed by atoms with Crippen molar-refractivity contribution >= 4 is 11.6 Å². The van der Waals surface area contributed by atoms with Crippen molar-refractivity contribution in [2.24, 2.45) is 0 Å². The number of nitrogen functional groups attached to an aromatic ring is 1. The molecule has 98 valence electrons. The highest BCUT2D eigenvalue weighted by molar-refractivity contribution is 5.83. The van der Waals surface area contributed by atoms with Gasteiger partial charge in [0.25, 0.3) is 0 Å². The van der Waals surface area contributed by atoms with Crippen LogP contribution in [0.2, 0.25) is 0 Å². The van der Waals surface area contributed by atoms with Crippen molar-refractivity contribution in [3.8, 4) is 0 Å². The molecule has 0 aromatic heterocycles. The molecule has 0 heterocycles. The molecule has 2 aromatic carbocycles. The van der Waals surface area contributed by atoms with Crippen molar-refractivity contribution in [2.45, 2.75) is 19.4 Å². The second-order valence-electron chi connectivity index (χ2n) is 4.59. The summed E-state index contributed by atoms with van der Waals surface area (Å²) in [5, 5.41) is 2.94. The van der Waals surface area contributed by atoms with E-state index in [1.165, 1.54) is 0 Å². The molecule has 0 radical (unpaired) electrons. The number of anilines is 1. The van der Waals surface area contributed by atoms with Crippen LogP contribution in [0.3, 0.4) is 0 Å². The first-order chi connectivity index (χ1) is 9.16. The van der Waals surface area contributed by atoms with E-state index >= 15 is 0 Å². The molecular formula is C16H18N2O. The minimum Gasteiger partial charge on any atom is -0.399 e. The molecule has 1 amide bonds. The number of amides is 1. The van der Waals surface area contributed by atoms with Crippen molar-refractivity contribution in [1.29, 1.82) is 0 Å². The van der Waals surface area contributed by atoms with Crippen LogP contribution in [0.1, 0.15) is 24.0 Å². The van der Waals surface area contributed by atoms with E-state index in [0.29, 0.717) is 12.2 Å². The van der Waals surface area contributed by atoms with E-state index in [-0.39, 0.29) is 11.8 Å². The summed E-state index contributed by atoms with van der Waals surface area (Å²) >= 11 is 0. The normalized spacial score (nSPS) is 11.8. The lowest BCUT2D eigenvalue weighted by Crippen LogP contribution is -2.27. The summed E-state index contributed by atoms with van der Waals surface area (Å²) in [5.74, 6) is -0.155. The van der Waals surface area contributed by atoms with Crippen molar-refractivity contribution in [2.75, 3.05) is 5.73 Å². The van der Waals surface area contributed by atoms with Gasteiger partial charge in [0.05, 0.1) is 5.92 Å². The van der Waals surface area contributed by atoms with Crippen LogP contribution < -0.4 is 11.1 Å². The SMILES string of the molecule is CC(C(=O)NCc1ccccc1)c1ccc(N)cc1. The monoisotopic (exact) mass is 254 g/mol. The average Bonchev–Trinajstić information content (AvgIpc) is 2.46. The molecule has 3 N–H and O–H groups in total. The van der Waals surface area contributed by atoms with Gasteiger partial charge in [-0.05, 0) is 30.2 Å². The van der Waals surface area contributed by atoms with Crippen LogP contribution in [0.4, 0.5) is 5.69 Å². The molecule has 2 aromatic rings. The summed E-state index contributed by atoms with van der Waals surface area (Å²) in [6, 6.07) is 17.3. The van der Waals surface area contributed by atoms with E-state index in [4.69, 9.17) is 5.73 Å². The van der Waals surface area contributed by atoms with Gasteiger partial charge in [-0.25, -0.2) is 0 Å². The highest BCUT2D eigenvalue weighted by Crippen LogP contribution is 2.17. The number of benzene rings is 2. The summed E-state index contributed by atoms with van der Waals surface area (Å²) in [4.78, 5) is 12.1. The van der Waals surface area contributed by atoms with E-state index in [0.717, 1.165) is 11.1 Å². The molecule has 2 rings (SSSR count). The van der Waals surface area contributed by atoms with Gasteiger partial charge in [0.2, 0.25) is 5.91 Å². The summed E-state index contributed by atoms with van der Waals surface area (Å²) in [7, 11) is 0. The Morgan fingerprint density at radius 2 is 1.74 bits per heavy atom. The van der Waals surface area contributed by atoms with E-state index in [1.54, 1.807) is 0 Å². The van der Waals surface area contributed by atoms with Crippen molar-refractivity contribution < 1.29 is 4.79 Å².